The lowest BCUT2D eigenvalue weighted by atomic mass is 9.96. The number of nitrogens with one attached hydrogen (secondary N) is 1. The highest BCUT2D eigenvalue weighted by molar-refractivity contribution is 5.86. The number of fused-ring (bicyclic) bond motifs is 1. The number of benzene rings is 2. The third kappa shape index (κ3) is 3.40. The van der Waals surface area contributed by atoms with Crippen LogP contribution in [0.3, 0.4) is 0 Å². The molecule has 128 valence electrons. The number of methoxy groups -OCH3 is 1. The maximum atomic E-state index is 12.0. The molecule has 0 aliphatic heterocycles. The maximum Gasteiger partial charge on any atom is 0.220 e. The molecule has 0 radical (unpaired) electrons. The lowest BCUT2D eigenvalue weighted by molar-refractivity contribution is -0.121. The van der Waals surface area contributed by atoms with Crippen LogP contribution >= 0.6 is 0 Å². The first-order chi connectivity index (χ1) is 12.1. The van der Waals surface area contributed by atoms with Crippen molar-refractivity contribution in [2.45, 2.75) is 19.4 Å². The highest BCUT2D eigenvalue weighted by Crippen LogP contribution is 2.34. The Kier molecular flexibility index (Phi) is 4.84. The van der Waals surface area contributed by atoms with Gasteiger partial charge in [-0.1, -0.05) is 37.3 Å². The van der Waals surface area contributed by atoms with Gasteiger partial charge < -0.3 is 15.2 Å². The molecule has 1 amide bonds. The lowest BCUT2D eigenvalue weighted by Gasteiger charge is -2.21. The fourth-order valence-corrected chi connectivity index (χ4v) is 2.78. The van der Waals surface area contributed by atoms with Crippen molar-refractivity contribution < 1.29 is 14.6 Å². The largest absolute Gasteiger partial charge is 0.505 e. The first kappa shape index (κ1) is 16.8. The van der Waals surface area contributed by atoms with E-state index >= 15 is 0 Å². The Morgan fingerprint density at radius 3 is 2.64 bits per heavy atom. The quantitative estimate of drug-likeness (QED) is 0.747. The van der Waals surface area contributed by atoms with E-state index in [4.69, 9.17) is 4.74 Å². The molecule has 0 spiro atoms. The zero-order chi connectivity index (χ0) is 17.8. The van der Waals surface area contributed by atoms with E-state index in [2.05, 4.69) is 10.3 Å². The second-order valence-electron chi connectivity index (χ2n) is 5.71. The van der Waals surface area contributed by atoms with E-state index in [9.17, 15) is 9.90 Å². The number of pyridine rings is 1. The summed E-state index contributed by atoms with van der Waals surface area (Å²) in [7, 11) is 1.60. The number of carbonyl (C=O) groups is 1. The van der Waals surface area contributed by atoms with Crippen LogP contribution in [0.15, 0.2) is 54.7 Å². The van der Waals surface area contributed by atoms with E-state index in [1.807, 2.05) is 48.5 Å². The van der Waals surface area contributed by atoms with Crippen molar-refractivity contribution in [3.63, 3.8) is 0 Å². The van der Waals surface area contributed by atoms with Crippen LogP contribution in [-0.4, -0.2) is 23.1 Å². The third-order valence-corrected chi connectivity index (χ3v) is 4.17. The lowest BCUT2D eigenvalue weighted by Crippen LogP contribution is -2.28. The number of amides is 1. The molecule has 1 aromatic heterocycles. The Hall–Kier alpha value is -3.08. The fraction of sp³-hybridized carbons (Fsp3) is 0.200. The van der Waals surface area contributed by atoms with E-state index in [0.29, 0.717) is 17.5 Å². The number of rotatable bonds is 5. The van der Waals surface area contributed by atoms with Gasteiger partial charge in [0.1, 0.15) is 17.0 Å². The molecule has 0 unspecified atom stereocenters. The molecule has 0 saturated heterocycles. The Balaban J connectivity index is 2.10. The number of hydrogen-bond acceptors (Lipinski definition) is 4. The molecule has 1 heterocycles. The van der Waals surface area contributed by atoms with Crippen LogP contribution in [0.4, 0.5) is 0 Å². The predicted molar refractivity (Wildman–Crippen MR) is 96.7 cm³/mol. The standard InChI is InChI=1S/C20H20N2O3/c1-3-17(23)22-18(14-6-9-15(25-2)10-7-14)16-11-8-13-5-4-12-21-19(13)20(16)24/h4-12,18,24H,3H2,1-2H3,(H,22,23)/t18-/m0/s1. The smallest absolute Gasteiger partial charge is 0.220 e. The van der Waals surface area contributed by atoms with Gasteiger partial charge in [0.05, 0.1) is 13.2 Å². The Morgan fingerprint density at radius 2 is 1.96 bits per heavy atom. The number of hydrogen-bond donors (Lipinski definition) is 2. The molecule has 5 nitrogen and oxygen atoms in total. The van der Waals surface area contributed by atoms with Crippen molar-refractivity contribution in [2.75, 3.05) is 7.11 Å². The van der Waals surface area contributed by atoms with Crippen LogP contribution in [0.2, 0.25) is 0 Å². The zero-order valence-corrected chi connectivity index (χ0v) is 14.2. The topological polar surface area (TPSA) is 71.5 Å². The summed E-state index contributed by atoms with van der Waals surface area (Å²) in [5.74, 6) is 0.713. The first-order valence-corrected chi connectivity index (χ1v) is 8.14. The number of aromatic nitrogens is 1. The van der Waals surface area contributed by atoms with Crippen LogP contribution in [-0.2, 0) is 4.79 Å². The van der Waals surface area contributed by atoms with Crippen LogP contribution in [0.1, 0.15) is 30.5 Å². The molecule has 2 N–H and O–H groups in total. The second-order valence-corrected chi connectivity index (χ2v) is 5.71. The number of ether oxygens (including phenoxy) is 1. The van der Waals surface area contributed by atoms with Crippen molar-refractivity contribution in [1.82, 2.24) is 10.3 Å². The van der Waals surface area contributed by atoms with Crippen molar-refractivity contribution in [3.8, 4) is 11.5 Å². The monoisotopic (exact) mass is 336 g/mol. The van der Waals surface area contributed by atoms with Crippen LogP contribution in [0, 0.1) is 0 Å². The van der Waals surface area contributed by atoms with Crippen molar-refractivity contribution in [3.05, 3.63) is 65.9 Å². The van der Waals surface area contributed by atoms with E-state index in [1.54, 1.807) is 20.2 Å². The number of carbonyl (C=O) groups excluding carboxylic acids is 1. The minimum Gasteiger partial charge on any atom is -0.505 e. The molecule has 0 aliphatic rings. The molecule has 0 saturated carbocycles. The van der Waals surface area contributed by atoms with Crippen LogP contribution < -0.4 is 10.1 Å². The Morgan fingerprint density at radius 1 is 1.20 bits per heavy atom. The average Bonchev–Trinajstić information content (AvgIpc) is 2.67. The van der Waals surface area contributed by atoms with E-state index < -0.39 is 6.04 Å². The fourth-order valence-electron chi connectivity index (χ4n) is 2.78. The van der Waals surface area contributed by atoms with Crippen molar-refractivity contribution in [1.29, 1.82) is 0 Å². The van der Waals surface area contributed by atoms with E-state index in [1.165, 1.54) is 0 Å². The Bertz CT molecular complexity index is 891. The summed E-state index contributed by atoms with van der Waals surface area (Å²) in [4.78, 5) is 16.3. The summed E-state index contributed by atoms with van der Waals surface area (Å²) in [6, 6.07) is 14.4. The number of phenols is 1. The van der Waals surface area contributed by atoms with Gasteiger partial charge in [-0.05, 0) is 23.8 Å². The minimum absolute atomic E-state index is 0.0790. The molecule has 5 heteroatoms. The normalized spacial score (nSPS) is 11.9. The molecular weight excluding hydrogens is 316 g/mol. The van der Waals surface area contributed by atoms with Gasteiger partial charge in [0.25, 0.3) is 0 Å². The minimum atomic E-state index is -0.468. The van der Waals surface area contributed by atoms with Gasteiger partial charge >= 0.3 is 0 Å². The van der Waals surface area contributed by atoms with Gasteiger partial charge in [0.2, 0.25) is 5.91 Å². The first-order valence-electron chi connectivity index (χ1n) is 8.14. The molecule has 0 fully saturated rings. The SMILES string of the molecule is CCC(=O)N[C@@H](c1ccc(OC)cc1)c1ccc2cccnc2c1O. The van der Waals surface area contributed by atoms with Gasteiger partial charge in [0, 0.05) is 23.6 Å². The maximum absolute atomic E-state index is 12.0. The predicted octanol–water partition coefficient (Wildman–Crippen LogP) is 3.56. The van der Waals surface area contributed by atoms with Gasteiger partial charge in [-0.3, -0.25) is 9.78 Å². The Labute approximate surface area is 146 Å². The van der Waals surface area contributed by atoms with Crippen molar-refractivity contribution in [2.24, 2.45) is 0 Å². The summed E-state index contributed by atoms with van der Waals surface area (Å²) in [6.45, 7) is 1.79. The highest BCUT2D eigenvalue weighted by Gasteiger charge is 2.21. The average molecular weight is 336 g/mol. The van der Waals surface area contributed by atoms with Gasteiger partial charge in [-0.15, -0.1) is 0 Å². The molecule has 1 atom stereocenters. The van der Waals surface area contributed by atoms with E-state index in [0.717, 1.165) is 16.7 Å². The number of phenolic OH excluding ortho intramolecular Hbond substituents is 1. The van der Waals surface area contributed by atoms with Gasteiger partial charge in [-0.2, -0.15) is 0 Å². The second kappa shape index (κ2) is 7.21. The summed E-state index contributed by atoms with van der Waals surface area (Å²) >= 11 is 0. The third-order valence-electron chi connectivity index (χ3n) is 4.17. The molecule has 3 rings (SSSR count). The summed E-state index contributed by atoms with van der Waals surface area (Å²) < 4.78 is 5.19. The highest BCUT2D eigenvalue weighted by atomic mass is 16.5. The molecule has 2 aromatic carbocycles. The molecule has 3 aromatic rings. The molecule has 25 heavy (non-hydrogen) atoms. The number of aromatic hydroxyl groups is 1. The zero-order valence-electron chi connectivity index (χ0n) is 14.2. The molecule has 0 aliphatic carbocycles. The van der Waals surface area contributed by atoms with Crippen LogP contribution in [0.5, 0.6) is 11.5 Å². The molecule has 0 bridgehead atoms. The van der Waals surface area contributed by atoms with Crippen molar-refractivity contribution >= 4 is 16.8 Å². The summed E-state index contributed by atoms with van der Waals surface area (Å²) in [5, 5.41) is 14.6. The van der Waals surface area contributed by atoms with Gasteiger partial charge in [0.15, 0.2) is 0 Å². The summed E-state index contributed by atoms with van der Waals surface area (Å²) in [5.41, 5.74) is 1.98. The van der Waals surface area contributed by atoms with Crippen LogP contribution in [0.25, 0.3) is 10.9 Å². The van der Waals surface area contributed by atoms with Gasteiger partial charge in [-0.25, -0.2) is 0 Å². The number of nitrogens with zero attached hydrogens (tertiary/aromatic N) is 1. The summed E-state index contributed by atoms with van der Waals surface area (Å²) in [6.07, 6.45) is 2.00. The van der Waals surface area contributed by atoms with E-state index in [-0.39, 0.29) is 11.7 Å². The molecular formula is C20H20N2O3.